The number of allylic oxidation sites excluding steroid dienone is 1. The van der Waals surface area contributed by atoms with Gasteiger partial charge in [-0.2, -0.15) is 0 Å². The Bertz CT molecular complexity index is 1470. The molecule has 0 radical (unpaired) electrons. The van der Waals surface area contributed by atoms with Crippen LogP contribution >= 0.6 is 0 Å². The number of nitrogens with zero attached hydrogens (tertiary/aromatic N) is 1. The number of fused-ring (bicyclic) bond motifs is 1. The third kappa shape index (κ3) is 7.38. The first-order valence-electron chi connectivity index (χ1n) is 17.2. The fourth-order valence-corrected chi connectivity index (χ4v) is 7.00. The molecule has 3 aromatic rings. The van der Waals surface area contributed by atoms with Crippen LogP contribution < -0.4 is 18.9 Å². The molecule has 4 atom stereocenters. The lowest BCUT2D eigenvalue weighted by atomic mass is 9.86. The monoisotopic (exact) mass is 625 g/mol. The van der Waals surface area contributed by atoms with E-state index in [2.05, 4.69) is 61.2 Å². The van der Waals surface area contributed by atoms with E-state index in [0.717, 1.165) is 109 Å². The lowest BCUT2D eigenvalue weighted by Crippen LogP contribution is -2.25. The summed E-state index contributed by atoms with van der Waals surface area (Å²) in [5, 5.41) is 0. The summed E-state index contributed by atoms with van der Waals surface area (Å²) in [5.74, 6) is 4.06. The molecule has 7 heteroatoms. The Labute approximate surface area is 273 Å². The van der Waals surface area contributed by atoms with Crippen molar-refractivity contribution in [1.82, 2.24) is 4.90 Å². The van der Waals surface area contributed by atoms with Crippen LogP contribution in [0.1, 0.15) is 81.6 Å². The SMILES string of the molecule is CC1=C(c2ccc(OC3CCCCO3)cc2)C(c2ccc(OCCN3CC[C@@H](C)C3)cc2)Oc2cc(OC3CCCCO3)ccc21. The van der Waals surface area contributed by atoms with Crippen molar-refractivity contribution < 1.29 is 28.4 Å². The molecule has 0 N–H and O–H groups in total. The van der Waals surface area contributed by atoms with Gasteiger partial charge in [0.05, 0.1) is 13.2 Å². The lowest BCUT2D eigenvalue weighted by molar-refractivity contribution is -0.106. The Balaban J connectivity index is 1.13. The van der Waals surface area contributed by atoms with Crippen LogP contribution in [-0.2, 0) is 9.47 Å². The van der Waals surface area contributed by atoms with Crippen LogP contribution in [0.25, 0.3) is 11.1 Å². The maximum Gasteiger partial charge on any atom is 0.199 e. The first-order chi connectivity index (χ1) is 22.6. The fraction of sp³-hybridized carbons (Fsp3) is 0.487. The number of hydrogen-bond acceptors (Lipinski definition) is 7. The van der Waals surface area contributed by atoms with E-state index in [4.69, 9.17) is 28.4 Å². The lowest BCUT2D eigenvalue weighted by Gasteiger charge is -2.32. The van der Waals surface area contributed by atoms with E-state index in [1.165, 1.54) is 25.1 Å². The smallest absolute Gasteiger partial charge is 0.199 e. The maximum atomic E-state index is 6.86. The quantitative estimate of drug-likeness (QED) is 0.225. The van der Waals surface area contributed by atoms with E-state index in [0.29, 0.717) is 6.61 Å². The van der Waals surface area contributed by atoms with Gasteiger partial charge in [-0.25, -0.2) is 0 Å². The van der Waals surface area contributed by atoms with Crippen LogP contribution in [-0.4, -0.2) is 56.9 Å². The van der Waals surface area contributed by atoms with Crippen molar-refractivity contribution in [1.29, 1.82) is 0 Å². The highest BCUT2D eigenvalue weighted by Gasteiger charge is 2.30. The van der Waals surface area contributed by atoms with Crippen molar-refractivity contribution in [3.63, 3.8) is 0 Å². The summed E-state index contributed by atoms with van der Waals surface area (Å²) in [4.78, 5) is 2.49. The first kappa shape index (κ1) is 31.1. The van der Waals surface area contributed by atoms with Gasteiger partial charge in [0.25, 0.3) is 0 Å². The minimum Gasteiger partial charge on any atom is -0.492 e. The molecule has 244 valence electrons. The third-order valence-electron chi connectivity index (χ3n) is 9.61. The van der Waals surface area contributed by atoms with Crippen molar-refractivity contribution in [2.24, 2.45) is 5.92 Å². The van der Waals surface area contributed by atoms with E-state index in [-0.39, 0.29) is 18.7 Å². The molecule has 3 saturated heterocycles. The third-order valence-corrected chi connectivity index (χ3v) is 9.61. The molecular weight excluding hydrogens is 578 g/mol. The molecule has 0 spiro atoms. The molecule has 46 heavy (non-hydrogen) atoms. The molecule has 3 aromatic carbocycles. The highest BCUT2D eigenvalue weighted by atomic mass is 16.7. The first-order valence-corrected chi connectivity index (χ1v) is 17.2. The van der Waals surface area contributed by atoms with Crippen molar-refractivity contribution in [3.05, 3.63) is 83.4 Å². The summed E-state index contributed by atoms with van der Waals surface area (Å²) < 4.78 is 37.0. The Morgan fingerprint density at radius 2 is 1.43 bits per heavy atom. The number of hydrogen-bond donors (Lipinski definition) is 0. The fourth-order valence-electron chi connectivity index (χ4n) is 7.00. The van der Waals surface area contributed by atoms with Crippen molar-refractivity contribution in [3.8, 4) is 23.0 Å². The number of rotatable bonds is 10. The second kappa shape index (κ2) is 14.5. The minimum atomic E-state index is -0.303. The summed E-state index contributed by atoms with van der Waals surface area (Å²) in [6.45, 7) is 10.00. The Kier molecular flexibility index (Phi) is 9.80. The molecule has 4 aliphatic rings. The van der Waals surface area contributed by atoms with Gasteiger partial charge in [-0.15, -0.1) is 0 Å². The van der Waals surface area contributed by atoms with Gasteiger partial charge in [0, 0.05) is 43.1 Å². The van der Waals surface area contributed by atoms with Gasteiger partial charge in [0.15, 0.2) is 12.6 Å². The summed E-state index contributed by atoms with van der Waals surface area (Å²) in [7, 11) is 0. The molecule has 3 unspecified atom stereocenters. The van der Waals surface area contributed by atoms with Gasteiger partial charge in [0.1, 0.15) is 35.7 Å². The summed E-state index contributed by atoms with van der Waals surface area (Å²) in [6, 6.07) is 22.9. The molecule has 4 aliphatic heterocycles. The van der Waals surface area contributed by atoms with Crippen LogP contribution in [0.5, 0.6) is 23.0 Å². The second-order valence-electron chi connectivity index (χ2n) is 13.2. The summed E-state index contributed by atoms with van der Waals surface area (Å²) in [5.41, 5.74) is 5.54. The number of likely N-dealkylation sites (tertiary alicyclic amines) is 1. The minimum absolute atomic E-state index is 0.173. The van der Waals surface area contributed by atoms with Crippen LogP contribution in [0.2, 0.25) is 0 Å². The Morgan fingerprint density at radius 3 is 2.09 bits per heavy atom. The van der Waals surface area contributed by atoms with Crippen LogP contribution in [0, 0.1) is 5.92 Å². The molecule has 0 aromatic heterocycles. The molecule has 3 fully saturated rings. The van der Waals surface area contributed by atoms with Gasteiger partial charge in [0.2, 0.25) is 0 Å². The van der Waals surface area contributed by atoms with Gasteiger partial charge in [-0.3, -0.25) is 4.90 Å². The summed E-state index contributed by atoms with van der Waals surface area (Å²) in [6.07, 6.45) is 6.86. The van der Waals surface area contributed by atoms with Gasteiger partial charge in [-0.1, -0.05) is 31.2 Å². The van der Waals surface area contributed by atoms with Crippen molar-refractivity contribution in [2.45, 2.75) is 77.5 Å². The highest BCUT2D eigenvalue weighted by molar-refractivity contribution is 5.95. The van der Waals surface area contributed by atoms with E-state index >= 15 is 0 Å². The predicted octanol–water partition coefficient (Wildman–Crippen LogP) is 8.28. The van der Waals surface area contributed by atoms with E-state index in [1.54, 1.807) is 0 Å². The molecule has 0 saturated carbocycles. The topological polar surface area (TPSA) is 58.6 Å². The number of benzene rings is 3. The Morgan fingerprint density at radius 1 is 0.761 bits per heavy atom. The predicted molar refractivity (Wildman–Crippen MR) is 179 cm³/mol. The molecule has 0 aliphatic carbocycles. The van der Waals surface area contributed by atoms with Crippen molar-refractivity contribution in [2.75, 3.05) is 39.5 Å². The molecule has 0 amide bonds. The molecule has 4 heterocycles. The average Bonchev–Trinajstić information content (AvgIpc) is 3.51. The standard InChI is InChI=1S/C39H47NO6/c1-27-19-20-40(26-27)21-24-41-31-13-11-30(12-14-31)39-38(29-9-15-32(16-10-29)44-36-7-3-5-22-42-36)28(2)34-18-17-33(25-35(34)46-39)45-37-8-4-6-23-43-37/h9-18,25,27,36-37,39H,3-8,19-24,26H2,1-2H3/t27-,36?,37?,39?/m1/s1. The average molecular weight is 626 g/mol. The zero-order valence-electron chi connectivity index (χ0n) is 27.2. The highest BCUT2D eigenvalue weighted by Crippen LogP contribution is 2.48. The molecular formula is C39H47NO6. The summed E-state index contributed by atoms with van der Waals surface area (Å²) >= 11 is 0. The van der Waals surface area contributed by atoms with Crippen molar-refractivity contribution >= 4 is 11.1 Å². The maximum absolute atomic E-state index is 6.86. The van der Waals surface area contributed by atoms with Gasteiger partial charge in [-0.05, 0) is 105 Å². The zero-order chi connectivity index (χ0) is 31.3. The zero-order valence-corrected chi connectivity index (χ0v) is 27.2. The molecule has 7 nitrogen and oxygen atoms in total. The largest absolute Gasteiger partial charge is 0.492 e. The Hall–Kier alpha value is -3.52. The molecule has 7 rings (SSSR count). The van der Waals surface area contributed by atoms with Gasteiger partial charge < -0.3 is 28.4 Å². The molecule has 0 bridgehead atoms. The van der Waals surface area contributed by atoms with E-state index in [9.17, 15) is 0 Å². The van der Waals surface area contributed by atoms with E-state index < -0.39 is 0 Å². The van der Waals surface area contributed by atoms with Crippen LogP contribution in [0.3, 0.4) is 0 Å². The van der Waals surface area contributed by atoms with Crippen LogP contribution in [0.15, 0.2) is 66.7 Å². The second-order valence-corrected chi connectivity index (χ2v) is 13.2. The van der Waals surface area contributed by atoms with Crippen LogP contribution in [0.4, 0.5) is 0 Å². The van der Waals surface area contributed by atoms with E-state index in [1.807, 2.05) is 24.3 Å². The number of ether oxygens (including phenoxy) is 6. The van der Waals surface area contributed by atoms with Gasteiger partial charge >= 0.3 is 0 Å². The normalized spacial score (nSPS) is 25.1.